The number of amides is 2. The molecule has 0 fully saturated rings. The predicted molar refractivity (Wildman–Crippen MR) is 87.3 cm³/mol. The second kappa shape index (κ2) is 6.79. The molecular formula is C18H16N2O3. The van der Waals surface area contributed by atoms with Crippen LogP contribution in [-0.2, 0) is 0 Å². The van der Waals surface area contributed by atoms with Gasteiger partial charge in [-0.1, -0.05) is 36.4 Å². The Morgan fingerprint density at radius 3 is 2.22 bits per heavy atom. The third-order valence-corrected chi connectivity index (χ3v) is 3.38. The maximum atomic E-state index is 12.0. The van der Waals surface area contributed by atoms with Crippen LogP contribution in [0.3, 0.4) is 0 Å². The summed E-state index contributed by atoms with van der Waals surface area (Å²) in [6.45, 7) is 0.675. The summed E-state index contributed by atoms with van der Waals surface area (Å²) in [7, 11) is 0. The predicted octanol–water partition coefficient (Wildman–Crippen LogP) is 2.59. The van der Waals surface area contributed by atoms with Crippen LogP contribution >= 0.6 is 0 Å². The lowest BCUT2D eigenvalue weighted by Crippen LogP contribution is -2.34. The van der Waals surface area contributed by atoms with E-state index >= 15 is 0 Å². The molecule has 0 atom stereocenters. The van der Waals surface area contributed by atoms with E-state index in [9.17, 15) is 9.59 Å². The summed E-state index contributed by atoms with van der Waals surface area (Å²) in [5.74, 6) is -0.195. The summed E-state index contributed by atoms with van der Waals surface area (Å²) in [6.07, 6.45) is 0. The molecule has 23 heavy (non-hydrogen) atoms. The van der Waals surface area contributed by atoms with Gasteiger partial charge in [0, 0.05) is 24.0 Å². The fraction of sp³-hybridized carbons (Fsp3) is 0.111. The first kappa shape index (κ1) is 14.8. The van der Waals surface area contributed by atoms with Gasteiger partial charge < -0.3 is 15.1 Å². The molecule has 0 aliphatic heterocycles. The molecule has 3 aromatic rings. The molecule has 0 saturated heterocycles. The molecule has 0 aliphatic rings. The van der Waals surface area contributed by atoms with E-state index in [-0.39, 0.29) is 17.6 Å². The van der Waals surface area contributed by atoms with Gasteiger partial charge in [0.1, 0.15) is 5.58 Å². The molecule has 116 valence electrons. The lowest BCUT2D eigenvalue weighted by atomic mass is 10.2. The van der Waals surface area contributed by atoms with E-state index in [1.807, 2.05) is 30.3 Å². The standard InChI is InChI=1S/C18H16N2O3/c21-17(13-6-2-1-3-7-13)19-10-11-20-18(22)16-12-14-8-4-5-9-15(14)23-16/h1-9,12H,10-11H2,(H,19,21)(H,20,22). The fourth-order valence-electron chi connectivity index (χ4n) is 2.22. The van der Waals surface area contributed by atoms with E-state index in [1.165, 1.54) is 0 Å². The first-order valence-electron chi connectivity index (χ1n) is 7.34. The van der Waals surface area contributed by atoms with Crippen LogP contribution in [0.4, 0.5) is 0 Å². The van der Waals surface area contributed by atoms with Crippen LogP contribution in [-0.4, -0.2) is 24.9 Å². The number of nitrogens with one attached hydrogen (secondary N) is 2. The third-order valence-electron chi connectivity index (χ3n) is 3.38. The van der Waals surface area contributed by atoms with Gasteiger partial charge in [-0.15, -0.1) is 0 Å². The zero-order chi connectivity index (χ0) is 16.1. The van der Waals surface area contributed by atoms with Crippen molar-refractivity contribution in [3.63, 3.8) is 0 Å². The SMILES string of the molecule is O=C(NCCNC(=O)c1cc2ccccc2o1)c1ccccc1. The Labute approximate surface area is 133 Å². The van der Waals surface area contributed by atoms with E-state index < -0.39 is 0 Å². The van der Waals surface area contributed by atoms with Gasteiger partial charge in [0.05, 0.1) is 0 Å². The zero-order valence-electron chi connectivity index (χ0n) is 12.4. The Kier molecular flexibility index (Phi) is 4.38. The van der Waals surface area contributed by atoms with Crippen LogP contribution in [0.15, 0.2) is 65.1 Å². The van der Waals surface area contributed by atoms with E-state index in [4.69, 9.17) is 4.42 Å². The number of fused-ring (bicyclic) bond motifs is 1. The van der Waals surface area contributed by atoms with Crippen LogP contribution in [0.1, 0.15) is 20.9 Å². The van der Waals surface area contributed by atoms with Crippen LogP contribution < -0.4 is 10.6 Å². The summed E-state index contributed by atoms with van der Waals surface area (Å²) in [4.78, 5) is 23.8. The lowest BCUT2D eigenvalue weighted by Gasteiger charge is -2.06. The van der Waals surface area contributed by atoms with Crippen molar-refractivity contribution in [3.8, 4) is 0 Å². The van der Waals surface area contributed by atoms with E-state index in [0.29, 0.717) is 24.2 Å². The van der Waals surface area contributed by atoms with E-state index in [2.05, 4.69) is 10.6 Å². The lowest BCUT2D eigenvalue weighted by molar-refractivity contribution is 0.0912. The average molecular weight is 308 g/mol. The minimum absolute atomic E-state index is 0.163. The number of benzene rings is 2. The largest absolute Gasteiger partial charge is 0.451 e. The molecule has 0 saturated carbocycles. The number of rotatable bonds is 5. The summed E-state index contributed by atoms with van der Waals surface area (Å²) >= 11 is 0. The van der Waals surface area contributed by atoms with E-state index in [0.717, 1.165) is 5.39 Å². The smallest absolute Gasteiger partial charge is 0.287 e. The Morgan fingerprint density at radius 2 is 1.48 bits per heavy atom. The van der Waals surface area contributed by atoms with Gasteiger partial charge in [0.25, 0.3) is 11.8 Å². The molecule has 0 bridgehead atoms. The van der Waals surface area contributed by atoms with Crippen molar-refractivity contribution < 1.29 is 14.0 Å². The molecule has 0 spiro atoms. The van der Waals surface area contributed by atoms with Crippen LogP contribution in [0.5, 0.6) is 0 Å². The number of furan rings is 1. The Morgan fingerprint density at radius 1 is 0.826 bits per heavy atom. The van der Waals surface area contributed by atoms with Crippen LogP contribution in [0.25, 0.3) is 11.0 Å². The van der Waals surface area contributed by atoms with Crippen molar-refractivity contribution in [3.05, 3.63) is 72.0 Å². The zero-order valence-corrected chi connectivity index (χ0v) is 12.4. The highest BCUT2D eigenvalue weighted by Crippen LogP contribution is 2.18. The van der Waals surface area contributed by atoms with Gasteiger partial charge in [0.15, 0.2) is 5.76 Å². The second-order valence-corrected chi connectivity index (χ2v) is 5.03. The Bertz CT molecular complexity index is 791. The van der Waals surface area contributed by atoms with Crippen LogP contribution in [0, 0.1) is 0 Å². The number of carbonyl (C=O) groups is 2. The number of hydrogen-bond donors (Lipinski definition) is 2. The summed E-state index contributed by atoms with van der Waals surface area (Å²) in [5.41, 5.74) is 1.27. The van der Waals surface area contributed by atoms with Crippen molar-refractivity contribution in [1.82, 2.24) is 10.6 Å². The van der Waals surface area contributed by atoms with Crippen LogP contribution in [0.2, 0.25) is 0 Å². The summed E-state index contributed by atoms with van der Waals surface area (Å²) in [6, 6.07) is 18.1. The third kappa shape index (κ3) is 3.58. The Hall–Kier alpha value is -3.08. The molecule has 5 heteroatoms. The van der Waals surface area contributed by atoms with Gasteiger partial charge >= 0.3 is 0 Å². The molecule has 5 nitrogen and oxygen atoms in total. The highest BCUT2D eigenvalue weighted by Gasteiger charge is 2.11. The van der Waals surface area contributed by atoms with Crippen molar-refractivity contribution in [2.45, 2.75) is 0 Å². The molecule has 1 aromatic heterocycles. The molecule has 0 aliphatic carbocycles. The molecular weight excluding hydrogens is 292 g/mol. The molecule has 2 amide bonds. The Balaban J connectivity index is 1.49. The maximum absolute atomic E-state index is 12.0. The molecule has 1 heterocycles. The minimum atomic E-state index is -0.296. The van der Waals surface area contributed by atoms with Crippen molar-refractivity contribution in [2.75, 3.05) is 13.1 Å². The van der Waals surface area contributed by atoms with E-state index in [1.54, 1.807) is 30.3 Å². The average Bonchev–Trinajstić information content (AvgIpc) is 3.03. The summed E-state index contributed by atoms with van der Waals surface area (Å²) in [5, 5.41) is 6.35. The van der Waals surface area contributed by atoms with Crippen molar-refractivity contribution in [2.24, 2.45) is 0 Å². The van der Waals surface area contributed by atoms with Gasteiger partial charge in [-0.2, -0.15) is 0 Å². The minimum Gasteiger partial charge on any atom is -0.451 e. The number of carbonyl (C=O) groups excluding carboxylic acids is 2. The van der Waals surface area contributed by atoms with Crippen molar-refractivity contribution >= 4 is 22.8 Å². The molecule has 0 unspecified atom stereocenters. The van der Waals surface area contributed by atoms with Gasteiger partial charge in [0.2, 0.25) is 0 Å². The topological polar surface area (TPSA) is 71.3 Å². The fourth-order valence-corrected chi connectivity index (χ4v) is 2.22. The van der Waals surface area contributed by atoms with Gasteiger partial charge in [-0.3, -0.25) is 9.59 Å². The molecule has 3 rings (SSSR count). The van der Waals surface area contributed by atoms with Gasteiger partial charge in [-0.25, -0.2) is 0 Å². The quantitative estimate of drug-likeness (QED) is 0.712. The monoisotopic (exact) mass is 308 g/mol. The molecule has 2 N–H and O–H groups in total. The molecule has 2 aromatic carbocycles. The second-order valence-electron chi connectivity index (χ2n) is 5.03. The highest BCUT2D eigenvalue weighted by molar-refractivity contribution is 5.96. The normalized spacial score (nSPS) is 10.4. The summed E-state index contributed by atoms with van der Waals surface area (Å²) < 4.78 is 5.48. The van der Waals surface area contributed by atoms with Gasteiger partial charge in [-0.05, 0) is 24.3 Å². The molecule has 0 radical (unpaired) electrons. The van der Waals surface area contributed by atoms with Crippen molar-refractivity contribution in [1.29, 1.82) is 0 Å². The number of hydrogen-bond acceptors (Lipinski definition) is 3. The first-order valence-corrected chi connectivity index (χ1v) is 7.34. The first-order chi connectivity index (χ1) is 11.2. The maximum Gasteiger partial charge on any atom is 0.287 e. The number of para-hydroxylation sites is 1. The highest BCUT2D eigenvalue weighted by atomic mass is 16.3.